The number of amides is 2. The van der Waals surface area contributed by atoms with Crippen molar-refractivity contribution in [2.45, 2.75) is 46.2 Å². The van der Waals surface area contributed by atoms with Crippen LogP contribution in [0.5, 0.6) is 0 Å². The van der Waals surface area contributed by atoms with Gasteiger partial charge < -0.3 is 9.80 Å². The van der Waals surface area contributed by atoms with Gasteiger partial charge in [-0.2, -0.15) is 5.10 Å². The van der Waals surface area contributed by atoms with Gasteiger partial charge in [-0.1, -0.05) is 39.0 Å². The van der Waals surface area contributed by atoms with Gasteiger partial charge >= 0.3 is 0 Å². The van der Waals surface area contributed by atoms with E-state index < -0.39 is 0 Å². The summed E-state index contributed by atoms with van der Waals surface area (Å²) in [5.41, 5.74) is 6.60. The van der Waals surface area contributed by atoms with E-state index in [1.54, 1.807) is 35.9 Å². The Morgan fingerprint density at radius 1 is 1.17 bits per heavy atom. The van der Waals surface area contributed by atoms with Crippen molar-refractivity contribution >= 4 is 28.7 Å². The van der Waals surface area contributed by atoms with Crippen molar-refractivity contribution in [3.63, 3.8) is 0 Å². The molecule has 3 aromatic heterocycles. The quantitative estimate of drug-likeness (QED) is 0.410. The van der Waals surface area contributed by atoms with Crippen molar-refractivity contribution in [2.24, 2.45) is 0 Å². The largest absolute Gasteiger partial charge is 0.345 e. The topological polar surface area (TPSA) is 70.8 Å². The molecule has 4 heterocycles. The molecule has 0 unspecified atom stereocenters. The van der Waals surface area contributed by atoms with Gasteiger partial charge in [-0.25, -0.2) is 9.50 Å². The highest BCUT2D eigenvalue weighted by Gasteiger charge is 2.34. The molecule has 0 bridgehead atoms. The van der Waals surface area contributed by atoms with Crippen molar-refractivity contribution < 1.29 is 9.59 Å². The predicted octanol–water partition coefficient (Wildman–Crippen LogP) is 4.92. The number of aromatic nitrogens is 3. The van der Waals surface area contributed by atoms with Gasteiger partial charge in [0.1, 0.15) is 4.88 Å². The summed E-state index contributed by atoms with van der Waals surface area (Å²) in [6, 6.07) is 10.1. The molecule has 2 amide bonds. The lowest BCUT2D eigenvalue weighted by molar-refractivity contribution is 0.0768. The number of carbonyl (C=O) groups is 2. The SMILES string of the molecule is Cc1cc(-c2ccnn3cc(C(=O)N(C)C)cc23)ccc1CN1Cc2nc(C(C)(C)C)sc2C1=O. The lowest BCUT2D eigenvalue weighted by atomic mass is 9.98. The summed E-state index contributed by atoms with van der Waals surface area (Å²) in [4.78, 5) is 34.4. The second kappa shape index (κ2) is 8.30. The molecule has 35 heavy (non-hydrogen) atoms. The zero-order valence-electron chi connectivity index (χ0n) is 20.9. The van der Waals surface area contributed by atoms with Crippen molar-refractivity contribution in [1.29, 1.82) is 0 Å². The summed E-state index contributed by atoms with van der Waals surface area (Å²) in [6.07, 6.45) is 3.51. The maximum atomic E-state index is 13.0. The van der Waals surface area contributed by atoms with Crippen molar-refractivity contribution in [3.05, 3.63) is 75.0 Å². The number of nitrogens with zero attached hydrogens (tertiary/aromatic N) is 5. The van der Waals surface area contributed by atoms with Crippen LogP contribution in [0.4, 0.5) is 0 Å². The lowest BCUT2D eigenvalue weighted by Gasteiger charge is -2.19. The van der Waals surface area contributed by atoms with E-state index >= 15 is 0 Å². The Morgan fingerprint density at radius 3 is 2.60 bits per heavy atom. The van der Waals surface area contributed by atoms with Crippen LogP contribution in [0.3, 0.4) is 0 Å². The van der Waals surface area contributed by atoms with Gasteiger partial charge in [0.25, 0.3) is 11.8 Å². The third-order valence-corrected chi connectivity index (χ3v) is 7.85. The minimum atomic E-state index is -0.0547. The van der Waals surface area contributed by atoms with Crippen molar-refractivity contribution in [3.8, 4) is 11.1 Å². The molecule has 8 heteroatoms. The van der Waals surface area contributed by atoms with Crippen LogP contribution in [0, 0.1) is 6.92 Å². The molecular formula is C27H29N5O2S. The first-order chi connectivity index (χ1) is 16.5. The van der Waals surface area contributed by atoms with E-state index in [-0.39, 0.29) is 17.2 Å². The first-order valence-corrected chi connectivity index (χ1v) is 12.4. The molecule has 0 radical (unpaired) electrons. The van der Waals surface area contributed by atoms with Crippen LogP contribution >= 0.6 is 11.3 Å². The summed E-state index contributed by atoms with van der Waals surface area (Å²) in [5, 5.41) is 5.39. The minimum Gasteiger partial charge on any atom is -0.345 e. The smallest absolute Gasteiger partial charge is 0.266 e. The minimum absolute atomic E-state index is 0.0502. The molecule has 0 spiro atoms. The van der Waals surface area contributed by atoms with Crippen LogP contribution in [0.1, 0.15) is 62.6 Å². The highest BCUT2D eigenvalue weighted by Crippen LogP contribution is 2.35. The first kappa shape index (κ1) is 23.2. The van der Waals surface area contributed by atoms with Gasteiger partial charge in [0, 0.05) is 44.0 Å². The van der Waals surface area contributed by atoms with E-state index in [0.29, 0.717) is 18.7 Å². The van der Waals surface area contributed by atoms with Gasteiger partial charge in [0.15, 0.2) is 0 Å². The number of fused-ring (bicyclic) bond motifs is 2. The van der Waals surface area contributed by atoms with Crippen LogP contribution in [0.25, 0.3) is 16.6 Å². The Morgan fingerprint density at radius 2 is 1.94 bits per heavy atom. The predicted molar refractivity (Wildman–Crippen MR) is 138 cm³/mol. The summed E-state index contributed by atoms with van der Waals surface area (Å²) in [5.74, 6) is 0.0134. The zero-order chi connectivity index (χ0) is 25.1. The molecule has 0 N–H and O–H groups in total. The standard InChI is InChI=1S/C27H29N5O2S/c1-16-11-17(20-9-10-28-32-14-19(12-22(20)32)24(33)30(5)6)7-8-18(16)13-31-15-21-23(25(31)34)35-26(29-21)27(2,3)4/h7-12,14H,13,15H2,1-6H3. The average Bonchev–Trinajstić information content (AvgIpc) is 3.49. The molecule has 5 rings (SSSR count). The third-order valence-electron chi connectivity index (χ3n) is 6.34. The maximum absolute atomic E-state index is 13.0. The highest BCUT2D eigenvalue weighted by molar-refractivity contribution is 7.14. The number of rotatable bonds is 4. The molecule has 0 atom stereocenters. The molecule has 0 aliphatic carbocycles. The molecule has 0 fully saturated rings. The van der Waals surface area contributed by atoms with Crippen molar-refractivity contribution in [1.82, 2.24) is 24.4 Å². The fourth-order valence-electron chi connectivity index (χ4n) is 4.35. The second-order valence-corrected chi connectivity index (χ2v) is 11.3. The third kappa shape index (κ3) is 4.12. The number of aryl methyl sites for hydroxylation is 1. The Hall–Kier alpha value is -3.52. The van der Waals surface area contributed by atoms with E-state index in [4.69, 9.17) is 4.98 Å². The summed E-state index contributed by atoms with van der Waals surface area (Å²) in [7, 11) is 3.48. The lowest BCUT2D eigenvalue weighted by Crippen LogP contribution is -2.24. The van der Waals surface area contributed by atoms with Gasteiger partial charge in [-0.3, -0.25) is 9.59 Å². The molecule has 7 nitrogen and oxygen atoms in total. The Kier molecular flexibility index (Phi) is 5.51. The molecule has 0 saturated carbocycles. The van der Waals surface area contributed by atoms with Crippen LogP contribution in [-0.2, 0) is 18.5 Å². The maximum Gasteiger partial charge on any atom is 0.266 e. The van der Waals surface area contributed by atoms with E-state index in [1.807, 2.05) is 17.0 Å². The van der Waals surface area contributed by atoms with Crippen LogP contribution < -0.4 is 0 Å². The second-order valence-electron chi connectivity index (χ2n) is 10.4. The Bertz CT molecular complexity index is 1470. The van der Waals surface area contributed by atoms with Gasteiger partial charge in [0.05, 0.1) is 28.3 Å². The molecule has 0 saturated heterocycles. The molecule has 4 aromatic rings. The van der Waals surface area contributed by atoms with Crippen molar-refractivity contribution in [2.75, 3.05) is 14.1 Å². The summed E-state index contributed by atoms with van der Waals surface area (Å²) < 4.78 is 1.75. The number of hydrogen-bond acceptors (Lipinski definition) is 5. The monoisotopic (exact) mass is 487 g/mol. The first-order valence-electron chi connectivity index (χ1n) is 11.6. The molecule has 1 aliphatic rings. The fourth-order valence-corrected chi connectivity index (χ4v) is 5.45. The number of hydrogen-bond donors (Lipinski definition) is 0. The molecule has 1 aliphatic heterocycles. The van der Waals surface area contributed by atoms with Crippen LogP contribution in [0.15, 0.2) is 42.7 Å². The van der Waals surface area contributed by atoms with E-state index in [0.717, 1.165) is 43.3 Å². The average molecular weight is 488 g/mol. The number of carbonyl (C=O) groups excluding carboxylic acids is 2. The molecule has 1 aromatic carbocycles. The Balaban J connectivity index is 1.40. The van der Waals surface area contributed by atoms with Gasteiger partial charge in [-0.05, 0) is 35.7 Å². The van der Waals surface area contributed by atoms with E-state index in [1.165, 1.54) is 11.3 Å². The zero-order valence-corrected chi connectivity index (χ0v) is 21.7. The molecular weight excluding hydrogens is 458 g/mol. The van der Waals surface area contributed by atoms with Crippen LogP contribution in [0.2, 0.25) is 0 Å². The van der Waals surface area contributed by atoms with E-state index in [9.17, 15) is 9.59 Å². The summed E-state index contributed by atoms with van der Waals surface area (Å²) in [6.45, 7) is 9.55. The Labute approximate surface area is 209 Å². The van der Waals surface area contributed by atoms with Gasteiger partial charge in [-0.15, -0.1) is 11.3 Å². The molecule has 180 valence electrons. The van der Waals surface area contributed by atoms with Crippen LogP contribution in [-0.4, -0.2) is 50.3 Å². The highest BCUT2D eigenvalue weighted by atomic mass is 32.1. The number of benzene rings is 1. The van der Waals surface area contributed by atoms with Gasteiger partial charge in [0.2, 0.25) is 0 Å². The normalized spacial score (nSPS) is 13.5. The summed E-state index contributed by atoms with van der Waals surface area (Å²) >= 11 is 1.52. The number of thiazole rings is 1. The fraction of sp³-hybridized carbons (Fsp3) is 0.333. The van der Waals surface area contributed by atoms with E-state index in [2.05, 4.69) is 51.0 Å².